The number of nitrogens with one attached hydrogen (secondary N) is 1. The number of ether oxygens (including phenoxy) is 2. The molecule has 0 saturated carbocycles. The van der Waals surface area contributed by atoms with Crippen molar-refractivity contribution in [3.63, 3.8) is 0 Å². The standard InChI is InChI=1S/C14H20N2O3/c1-18-13-5-3-2-4-12(13)14(17)15-6-7-16-8-10-19-11-9-16/h2-5H,6-11H2,1H3,(H,15,17). The van der Waals surface area contributed by atoms with E-state index in [1.54, 1.807) is 19.2 Å². The predicted molar refractivity (Wildman–Crippen MR) is 72.6 cm³/mol. The van der Waals surface area contributed by atoms with Crippen LogP contribution >= 0.6 is 0 Å². The smallest absolute Gasteiger partial charge is 0.255 e. The van der Waals surface area contributed by atoms with Crippen molar-refractivity contribution in [2.75, 3.05) is 46.5 Å². The van der Waals surface area contributed by atoms with Gasteiger partial charge in [-0.15, -0.1) is 0 Å². The lowest BCUT2D eigenvalue weighted by Crippen LogP contribution is -2.41. The minimum atomic E-state index is -0.0919. The Hall–Kier alpha value is -1.59. The lowest BCUT2D eigenvalue weighted by molar-refractivity contribution is 0.0383. The molecule has 19 heavy (non-hydrogen) atoms. The van der Waals surface area contributed by atoms with Gasteiger partial charge in [0.25, 0.3) is 5.91 Å². The first-order valence-corrected chi connectivity index (χ1v) is 6.52. The topological polar surface area (TPSA) is 50.8 Å². The molecule has 1 aromatic carbocycles. The molecule has 5 nitrogen and oxygen atoms in total. The van der Waals surface area contributed by atoms with Crippen LogP contribution in [0.25, 0.3) is 0 Å². The number of benzene rings is 1. The molecule has 0 bridgehead atoms. The fourth-order valence-corrected chi connectivity index (χ4v) is 2.08. The van der Waals surface area contributed by atoms with Crippen molar-refractivity contribution in [3.8, 4) is 5.75 Å². The van der Waals surface area contributed by atoms with Crippen LogP contribution in [0.4, 0.5) is 0 Å². The highest BCUT2D eigenvalue weighted by Crippen LogP contribution is 2.16. The van der Waals surface area contributed by atoms with Crippen LogP contribution in [0.2, 0.25) is 0 Å². The first kappa shape index (κ1) is 13.8. The van der Waals surface area contributed by atoms with Crippen molar-refractivity contribution in [2.24, 2.45) is 0 Å². The lowest BCUT2D eigenvalue weighted by atomic mass is 10.2. The monoisotopic (exact) mass is 264 g/mol. The van der Waals surface area contributed by atoms with E-state index in [0.717, 1.165) is 32.8 Å². The largest absolute Gasteiger partial charge is 0.496 e. The van der Waals surface area contributed by atoms with Gasteiger partial charge in [0, 0.05) is 26.2 Å². The molecule has 0 aliphatic carbocycles. The molecule has 2 rings (SSSR count). The molecule has 1 heterocycles. The summed E-state index contributed by atoms with van der Waals surface area (Å²) >= 11 is 0. The van der Waals surface area contributed by atoms with Gasteiger partial charge >= 0.3 is 0 Å². The molecule has 1 amide bonds. The van der Waals surface area contributed by atoms with Crippen molar-refractivity contribution < 1.29 is 14.3 Å². The van der Waals surface area contributed by atoms with Gasteiger partial charge in [-0.05, 0) is 12.1 Å². The molecule has 1 aromatic rings. The van der Waals surface area contributed by atoms with E-state index in [-0.39, 0.29) is 5.91 Å². The number of morpholine rings is 1. The molecular formula is C14H20N2O3. The number of para-hydroxylation sites is 1. The van der Waals surface area contributed by atoms with Gasteiger partial charge in [0.2, 0.25) is 0 Å². The molecule has 0 atom stereocenters. The van der Waals surface area contributed by atoms with Gasteiger partial charge in [-0.1, -0.05) is 12.1 Å². The van der Waals surface area contributed by atoms with Crippen molar-refractivity contribution in [1.29, 1.82) is 0 Å². The maximum absolute atomic E-state index is 12.0. The average Bonchev–Trinajstić information content (AvgIpc) is 2.48. The van der Waals surface area contributed by atoms with Crippen LogP contribution < -0.4 is 10.1 Å². The second kappa shape index (κ2) is 7.11. The Kier molecular flexibility index (Phi) is 5.18. The van der Waals surface area contributed by atoms with Gasteiger partial charge in [0.05, 0.1) is 25.9 Å². The van der Waals surface area contributed by atoms with E-state index >= 15 is 0 Å². The molecule has 0 radical (unpaired) electrons. The van der Waals surface area contributed by atoms with Crippen LogP contribution in [0.5, 0.6) is 5.75 Å². The molecule has 104 valence electrons. The van der Waals surface area contributed by atoms with Crippen molar-refractivity contribution in [2.45, 2.75) is 0 Å². The maximum Gasteiger partial charge on any atom is 0.255 e. The molecule has 1 aliphatic heterocycles. The van der Waals surface area contributed by atoms with Crippen LogP contribution in [-0.4, -0.2) is 57.3 Å². The zero-order valence-electron chi connectivity index (χ0n) is 11.2. The maximum atomic E-state index is 12.0. The minimum Gasteiger partial charge on any atom is -0.496 e. The summed E-state index contributed by atoms with van der Waals surface area (Å²) in [5.41, 5.74) is 0.576. The highest BCUT2D eigenvalue weighted by Gasteiger charge is 2.13. The van der Waals surface area contributed by atoms with Crippen LogP contribution in [0.3, 0.4) is 0 Å². The average molecular weight is 264 g/mol. The van der Waals surface area contributed by atoms with Gasteiger partial charge in [-0.3, -0.25) is 9.69 Å². The Balaban J connectivity index is 1.80. The number of hydrogen-bond acceptors (Lipinski definition) is 4. The van der Waals surface area contributed by atoms with Crippen LogP contribution in [-0.2, 0) is 4.74 Å². The number of nitrogens with zero attached hydrogens (tertiary/aromatic N) is 1. The van der Waals surface area contributed by atoms with E-state index in [0.29, 0.717) is 17.9 Å². The zero-order chi connectivity index (χ0) is 13.5. The molecule has 1 aliphatic rings. The summed E-state index contributed by atoms with van der Waals surface area (Å²) in [5.74, 6) is 0.511. The summed E-state index contributed by atoms with van der Waals surface area (Å²) in [6.45, 7) is 4.91. The van der Waals surface area contributed by atoms with Gasteiger partial charge in [0.15, 0.2) is 0 Å². The Morgan fingerprint density at radius 2 is 2.11 bits per heavy atom. The summed E-state index contributed by atoms with van der Waals surface area (Å²) in [6.07, 6.45) is 0. The fourth-order valence-electron chi connectivity index (χ4n) is 2.08. The summed E-state index contributed by atoms with van der Waals surface area (Å²) in [5, 5.41) is 2.92. The number of hydrogen-bond donors (Lipinski definition) is 1. The Bertz CT molecular complexity index is 417. The van der Waals surface area contributed by atoms with E-state index in [1.165, 1.54) is 0 Å². The summed E-state index contributed by atoms with van der Waals surface area (Å²) < 4.78 is 10.5. The zero-order valence-corrected chi connectivity index (χ0v) is 11.2. The third kappa shape index (κ3) is 3.94. The van der Waals surface area contributed by atoms with Crippen LogP contribution in [0.1, 0.15) is 10.4 Å². The van der Waals surface area contributed by atoms with E-state index < -0.39 is 0 Å². The predicted octanol–water partition coefficient (Wildman–Crippen LogP) is 0.757. The fraction of sp³-hybridized carbons (Fsp3) is 0.500. The highest BCUT2D eigenvalue weighted by molar-refractivity contribution is 5.96. The number of carbonyl (C=O) groups excluding carboxylic acids is 1. The summed E-state index contributed by atoms with van der Waals surface area (Å²) in [7, 11) is 1.57. The Labute approximate surface area is 113 Å². The van der Waals surface area contributed by atoms with Crippen molar-refractivity contribution in [3.05, 3.63) is 29.8 Å². The number of carbonyl (C=O) groups is 1. The number of amides is 1. The third-order valence-corrected chi connectivity index (χ3v) is 3.17. The van der Waals surface area contributed by atoms with E-state index in [4.69, 9.17) is 9.47 Å². The van der Waals surface area contributed by atoms with Gasteiger partial charge < -0.3 is 14.8 Å². The number of methoxy groups -OCH3 is 1. The normalized spacial score (nSPS) is 16.1. The first-order chi connectivity index (χ1) is 9.31. The molecular weight excluding hydrogens is 244 g/mol. The molecule has 1 fully saturated rings. The second-order valence-electron chi connectivity index (χ2n) is 4.41. The molecule has 0 spiro atoms. The molecule has 5 heteroatoms. The summed E-state index contributed by atoms with van der Waals surface area (Å²) in [6, 6.07) is 7.24. The SMILES string of the molecule is COc1ccccc1C(=O)NCCN1CCOCC1. The first-order valence-electron chi connectivity index (χ1n) is 6.52. The molecule has 1 N–H and O–H groups in total. The van der Waals surface area contributed by atoms with Crippen LogP contribution in [0.15, 0.2) is 24.3 Å². The van der Waals surface area contributed by atoms with Crippen molar-refractivity contribution >= 4 is 5.91 Å². The number of rotatable bonds is 5. The van der Waals surface area contributed by atoms with Gasteiger partial charge in [-0.25, -0.2) is 0 Å². The quantitative estimate of drug-likeness (QED) is 0.853. The molecule has 0 unspecified atom stereocenters. The Morgan fingerprint density at radius 3 is 2.84 bits per heavy atom. The third-order valence-electron chi connectivity index (χ3n) is 3.17. The molecule has 1 saturated heterocycles. The van der Waals surface area contributed by atoms with Crippen molar-refractivity contribution in [1.82, 2.24) is 10.2 Å². The van der Waals surface area contributed by atoms with E-state index in [1.807, 2.05) is 12.1 Å². The highest BCUT2D eigenvalue weighted by atomic mass is 16.5. The summed E-state index contributed by atoms with van der Waals surface area (Å²) in [4.78, 5) is 14.3. The van der Waals surface area contributed by atoms with E-state index in [2.05, 4.69) is 10.2 Å². The van der Waals surface area contributed by atoms with Crippen LogP contribution in [0, 0.1) is 0 Å². The second-order valence-corrected chi connectivity index (χ2v) is 4.41. The van der Waals surface area contributed by atoms with Gasteiger partial charge in [-0.2, -0.15) is 0 Å². The van der Waals surface area contributed by atoms with E-state index in [9.17, 15) is 4.79 Å². The minimum absolute atomic E-state index is 0.0919. The molecule has 0 aromatic heterocycles. The lowest BCUT2D eigenvalue weighted by Gasteiger charge is -2.26. The Morgan fingerprint density at radius 1 is 1.37 bits per heavy atom. The van der Waals surface area contributed by atoms with Gasteiger partial charge in [0.1, 0.15) is 5.75 Å².